The van der Waals surface area contributed by atoms with Crippen LogP contribution in [-0.4, -0.2) is 22.4 Å². The van der Waals surface area contributed by atoms with Gasteiger partial charge in [-0.1, -0.05) is 6.07 Å². The highest BCUT2D eigenvalue weighted by molar-refractivity contribution is 7.13. The van der Waals surface area contributed by atoms with Gasteiger partial charge in [0, 0.05) is 47.6 Å². The molecule has 6 heteroatoms. The number of hydrogen-bond acceptors (Lipinski definition) is 5. The fourth-order valence-electron chi connectivity index (χ4n) is 2.51. The van der Waals surface area contributed by atoms with E-state index in [1.807, 2.05) is 12.1 Å². The van der Waals surface area contributed by atoms with Gasteiger partial charge in [-0.3, -0.25) is 9.78 Å². The topological polar surface area (TPSA) is 54.9 Å². The summed E-state index contributed by atoms with van der Waals surface area (Å²) >= 11 is 3.41. The minimum Gasteiger partial charge on any atom is -0.356 e. The van der Waals surface area contributed by atoms with Crippen molar-refractivity contribution in [1.29, 1.82) is 0 Å². The molecule has 3 aromatic heterocycles. The van der Waals surface area contributed by atoms with Gasteiger partial charge < -0.3 is 5.32 Å². The zero-order valence-electron chi connectivity index (χ0n) is 14.0. The first-order valence-corrected chi connectivity index (χ1v) is 10.2. The molecule has 0 saturated heterocycles. The number of nitrogens with one attached hydrogen (secondary N) is 1. The molecule has 1 N–H and O–H groups in total. The number of rotatable bonds is 9. The van der Waals surface area contributed by atoms with Crippen LogP contribution in [0.1, 0.15) is 29.8 Å². The van der Waals surface area contributed by atoms with Crippen LogP contribution in [0, 0.1) is 0 Å². The molecule has 3 rings (SSSR count). The number of carbonyl (C=O) groups excluding carboxylic acids is 1. The van der Waals surface area contributed by atoms with E-state index in [9.17, 15) is 4.79 Å². The summed E-state index contributed by atoms with van der Waals surface area (Å²) in [5.74, 6) is 0.135. The fraction of sp³-hybridized carbons (Fsp3) is 0.316. The van der Waals surface area contributed by atoms with Crippen LogP contribution < -0.4 is 5.32 Å². The molecular weight excluding hydrogens is 350 g/mol. The van der Waals surface area contributed by atoms with E-state index in [2.05, 4.69) is 38.2 Å². The normalized spacial score (nSPS) is 10.7. The van der Waals surface area contributed by atoms with Crippen molar-refractivity contribution in [1.82, 2.24) is 15.3 Å². The molecule has 0 aromatic carbocycles. The third kappa shape index (κ3) is 5.76. The summed E-state index contributed by atoms with van der Waals surface area (Å²) in [6.45, 7) is 0.642. The number of unbranched alkanes of at least 4 members (excludes halogenated alkanes) is 1. The van der Waals surface area contributed by atoms with Crippen LogP contribution in [0.15, 0.2) is 47.4 Å². The van der Waals surface area contributed by atoms with E-state index in [0.29, 0.717) is 13.0 Å². The summed E-state index contributed by atoms with van der Waals surface area (Å²) < 4.78 is 0. The number of carbonyl (C=O) groups is 1. The Bertz CT molecular complexity index is 769. The number of thiophene rings is 1. The molecule has 0 fully saturated rings. The molecule has 0 saturated carbocycles. The number of amides is 1. The Morgan fingerprint density at radius 2 is 1.96 bits per heavy atom. The Hall–Kier alpha value is -2.05. The van der Waals surface area contributed by atoms with Crippen LogP contribution in [0.3, 0.4) is 0 Å². The Labute approximate surface area is 156 Å². The summed E-state index contributed by atoms with van der Waals surface area (Å²) in [4.78, 5) is 21.9. The molecule has 0 aliphatic heterocycles. The molecule has 0 aliphatic carbocycles. The van der Waals surface area contributed by atoms with Crippen molar-refractivity contribution in [3.05, 3.63) is 58.0 Å². The van der Waals surface area contributed by atoms with Crippen molar-refractivity contribution in [2.75, 3.05) is 6.54 Å². The second-order valence-electron chi connectivity index (χ2n) is 5.77. The lowest BCUT2D eigenvalue weighted by Crippen LogP contribution is -2.25. The molecule has 0 unspecified atom stereocenters. The zero-order valence-corrected chi connectivity index (χ0v) is 15.6. The van der Waals surface area contributed by atoms with Gasteiger partial charge in [0.15, 0.2) is 0 Å². The van der Waals surface area contributed by atoms with Crippen molar-refractivity contribution >= 4 is 28.6 Å². The minimum atomic E-state index is 0.135. The van der Waals surface area contributed by atoms with Gasteiger partial charge in [0.1, 0.15) is 5.01 Å². The average molecular weight is 372 g/mol. The summed E-state index contributed by atoms with van der Waals surface area (Å²) in [5.41, 5.74) is 2.11. The van der Waals surface area contributed by atoms with E-state index in [1.54, 1.807) is 35.1 Å². The van der Waals surface area contributed by atoms with Crippen molar-refractivity contribution in [2.45, 2.75) is 32.1 Å². The number of aryl methyl sites for hydroxylation is 1. The molecule has 130 valence electrons. The van der Waals surface area contributed by atoms with E-state index in [0.717, 1.165) is 41.9 Å². The average Bonchev–Trinajstić information content (AvgIpc) is 3.31. The highest BCUT2D eigenvalue weighted by Gasteiger charge is 2.06. The smallest absolute Gasteiger partial charge is 0.220 e. The van der Waals surface area contributed by atoms with Gasteiger partial charge in [-0.25, -0.2) is 4.98 Å². The van der Waals surface area contributed by atoms with Gasteiger partial charge in [-0.15, -0.1) is 22.7 Å². The van der Waals surface area contributed by atoms with Gasteiger partial charge in [0.05, 0.1) is 5.69 Å². The van der Waals surface area contributed by atoms with Gasteiger partial charge in [0.25, 0.3) is 0 Å². The number of aromatic nitrogens is 2. The van der Waals surface area contributed by atoms with E-state index >= 15 is 0 Å². The molecule has 0 radical (unpaired) electrons. The molecule has 0 aliphatic rings. The highest BCUT2D eigenvalue weighted by atomic mass is 32.1. The predicted molar refractivity (Wildman–Crippen MR) is 104 cm³/mol. The van der Waals surface area contributed by atoms with Crippen molar-refractivity contribution in [3.63, 3.8) is 0 Å². The quantitative estimate of drug-likeness (QED) is 0.569. The molecule has 0 bridgehead atoms. The largest absolute Gasteiger partial charge is 0.356 e. The molecule has 3 aromatic rings. The molecule has 25 heavy (non-hydrogen) atoms. The second-order valence-corrected chi connectivity index (χ2v) is 7.66. The van der Waals surface area contributed by atoms with Crippen molar-refractivity contribution in [3.8, 4) is 10.6 Å². The Kier molecular flexibility index (Phi) is 6.71. The SMILES string of the molecule is O=C(CCCCc1cccs1)NCCc1csc(-c2ccncc2)n1. The van der Waals surface area contributed by atoms with Crippen molar-refractivity contribution < 1.29 is 4.79 Å². The van der Waals surface area contributed by atoms with E-state index in [4.69, 9.17) is 0 Å². The molecule has 3 heterocycles. The molecule has 1 amide bonds. The Morgan fingerprint density at radius 1 is 1.08 bits per heavy atom. The predicted octanol–water partition coefficient (Wildman–Crippen LogP) is 4.34. The molecular formula is C19H21N3OS2. The molecule has 0 spiro atoms. The number of nitrogens with zero attached hydrogens (tertiary/aromatic N) is 2. The third-order valence-electron chi connectivity index (χ3n) is 3.84. The monoisotopic (exact) mass is 371 g/mol. The van der Waals surface area contributed by atoms with Crippen molar-refractivity contribution in [2.24, 2.45) is 0 Å². The third-order valence-corrected chi connectivity index (χ3v) is 5.72. The first-order valence-electron chi connectivity index (χ1n) is 8.45. The van der Waals surface area contributed by atoms with E-state index < -0.39 is 0 Å². The highest BCUT2D eigenvalue weighted by Crippen LogP contribution is 2.22. The van der Waals surface area contributed by atoms with Gasteiger partial charge in [-0.05, 0) is 42.8 Å². The van der Waals surface area contributed by atoms with Crippen LogP contribution >= 0.6 is 22.7 Å². The maximum absolute atomic E-state index is 11.9. The van der Waals surface area contributed by atoms with Gasteiger partial charge >= 0.3 is 0 Å². The maximum Gasteiger partial charge on any atom is 0.220 e. The van der Waals surface area contributed by atoms with Crippen LogP contribution in [0.4, 0.5) is 0 Å². The van der Waals surface area contributed by atoms with Crippen LogP contribution in [0.5, 0.6) is 0 Å². The van der Waals surface area contributed by atoms with Crippen LogP contribution in [0.25, 0.3) is 10.6 Å². The summed E-state index contributed by atoms with van der Waals surface area (Å²) in [6, 6.07) is 8.14. The summed E-state index contributed by atoms with van der Waals surface area (Å²) in [5, 5.41) is 8.15. The minimum absolute atomic E-state index is 0.135. The molecule has 0 atom stereocenters. The van der Waals surface area contributed by atoms with E-state index in [-0.39, 0.29) is 5.91 Å². The Balaban J connectivity index is 1.32. The van der Waals surface area contributed by atoms with Gasteiger partial charge in [0.2, 0.25) is 5.91 Å². The summed E-state index contributed by atoms with van der Waals surface area (Å²) in [7, 11) is 0. The molecule has 4 nitrogen and oxygen atoms in total. The maximum atomic E-state index is 11.9. The fourth-order valence-corrected chi connectivity index (χ4v) is 4.12. The summed E-state index contributed by atoms with van der Waals surface area (Å²) in [6.07, 6.45) is 7.99. The second kappa shape index (κ2) is 9.44. The number of pyridine rings is 1. The Morgan fingerprint density at radius 3 is 2.76 bits per heavy atom. The first-order chi connectivity index (χ1) is 12.3. The number of thiazole rings is 1. The number of hydrogen-bond donors (Lipinski definition) is 1. The zero-order chi connectivity index (χ0) is 17.3. The van der Waals surface area contributed by atoms with E-state index in [1.165, 1.54) is 4.88 Å². The lowest BCUT2D eigenvalue weighted by atomic mass is 10.1. The lowest BCUT2D eigenvalue weighted by Gasteiger charge is -2.04. The van der Waals surface area contributed by atoms with Gasteiger partial charge in [-0.2, -0.15) is 0 Å². The standard InChI is InChI=1S/C19H21N3OS2/c23-18(6-2-1-4-17-5-3-13-24-17)21-12-9-16-14-25-19(22-16)15-7-10-20-11-8-15/h3,5,7-8,10-11,13-14H,1-2,4,6,9,12H2,(H,21,23). The lowest BCUT2D eigenvalue weighted by molar-refractivity contribution is -0.121. The van der Waals surface area contributed by atoms with Crippen LogP contribution in [-0.2, 0) is 17.6 Å². The first kappa shape index (κ1) is 17.8. The van der Waals surface area contributed by atoms with Crippen LogP contribution in [0.2, 0.25) is 0 Å².